The molecule has 0 aromatic carbocycles. The molecule has 0 heterocycles. The molecule has 0 spiro atoms. The molecule has 1 rings (SSSR count). The van der Waals surface area contributed by atoms with E-state index in [1.165, 1.54) is 31.4 Å². The first kappa shape index (κ1) is 13.4. The first-order valence-corrected chi connectivity index (χ1v) is 7.47. The van der Waals surface area contributed by atoms with Crippen molar-refractivity contribution in [3.8, 4) is 0 Å². The van der Waals surface area contributed by atoms with Crippen molar-refractivity contribution in [2.75, 3.05) is 12.8 Å². The summed E-state index contributed by atoms with van der Waals surface area (Å²) in [7, 11) is 2.09. The Balaban J connectivity index is 2.23. The number of hydrogen-bond acceptors (Lipinski definition) is 2. The number of nitrogens with one attached hydrogen (secondary N) is 1. The summed E-state index contributed by atoms with van der Waals surface area (Å²) in [5.74, 6) is 3.00. The first-order valence-electron chi connectivity index (χ1n) is 6.42. The third-order valence-electron chi connectivity index (χ3n) is 3.58. The fourth-order valence-electron chi connectivity index (χ4n) is 2.38. The highest BCUT2D eigenvalue weighted by Crippen LogP contribution is 2.32. The molecule has 0 aromatic heterocycles. The van der Waals surface area contributed by atoms with Crippen LogP contribution in [0.25, 0.3) is 0 Å². The second-order valence-corrected chi connectivity index (χ2v) is 6.70. The maximum Gasteiger partial charge on any atom is 0.0178 e. The van der Waals surface area contributed by atoms with Gasteiger partial charge in [0.1, 0.15) is 0 Å². The van der Waals surface area contributed by atoms with Gasteiger partial charge in [0, 0.05) is 17.0 Å². The molecule has 1 aliphatic rings. The van der Waals surface area contributed by atoms with Crippen molar-refractivity contribution in [1.29, 1.82) is 0 Å². The zero-order valence-electron chi connectivity index (χ0n) is 10.8. The lowest BCUT2D eigenvalue weighted by molar-refractivity contribution is 0.393. The molecule has 15 heavy (non-hydrogen) atoms. The van der Waals surface area contributed by atoms with Crippen molar-refractivity contribution >= 4 is 11.8 Å². The summed E-state index contributed by atoms with van der Waals surface area (Å²) in [4.78, 5) is 0. The molecule has 0 amide bonds. The Hall–Kier alpha value is 0.310. The van der Waals surface area contributed by atoms with E-state index in [-0.39, 0.29) is 0 Å². The van der Waals surface area contributed by atoms with Crippen molar-refractivity contribution in [3.05, 3.63) is 0 Å². The van der Waals surface area contributed by atoms with E-state index in [0.29, 0.717) is 6.04 Å². The van der Waals surface area contributed by atoms with Crippen LogP contribution in [0.15, 0.2) is 0 Å². The SMILES string of the molecule is CNC(CSC1CCCC(C)C1)C(C)C. The molecule has 3 atom stereocenters. The molecule has 1 saturated carbocycles. The molecule has 2 heteroatoms. The molecular weight excluding hydrogens is 202 g/mol. The maximum atomic E-state index is 3.43. The highest BCUT2D eigenvalue weighted by Gasteiger charge is 2.20. The minimum absolute atomic E-state index is 0.687. The van der Waals surface area contributed by atoms with Crippen molar-refractivity contribution in [1.82, 2.24) is 5.32 Å². The van der Waals surface area contributed by atoms with Gasteiger partial charge in [0.25, 0.3) is 0 Å². The zero-order chi connectivity index (χ0) is 11.3. The van der Waals surface area contributed by atoms with Gasteiger partial charge in [-0.1, -0.05) is 33.6 Å². The lowest BCUT2D eigenvalue weighted by Gasteiger charge is -2.28. The van der Waals surface area contributed by atoms with Gasteiger partial charge in [-0.05, 0) is 31.7 Å². The summed E-state index contributed by atoms with van der Waals surface area (Å²) in [6.07, 6.45) is 5.80. The Morgan fingerprint density at radius 2 is 2.07 bits per heavy atom. The topological polar surface area (TPSA) is 12.0 Å². The standard InChI is InChI=1S/C13H27NS/c1-10(2)13(14-4)9-15-12-7-5-6-11(3)8-12/h10-14H,5-9H2,1-4H3. The van der Waals surface area contributed by atoms with Crippen LogP contribution in [0.3, 0.4) is 0 Å². The molecular formula is C13H27NS. The number of rotatable bonds is 5. The van der Waals surface area contributed by atoms with E-state index in [1.807, 2.05) is 0 Å². The van der Waals surface area contributed by atoms with Crippen LogP contribution in [0.5, 0.6) is 0 Å². The normalized spacial score (nSPS) is 29.4. The summed E-state index contributed by atoms with van der Waals surface area (Å²) in [6.45, 7) is 7.03. The van der Waals surface area contributed by atoms with Crippen LogP contribution >= 0.6 is 11.8 Å². The fraction of sp³-hybridized carbons (Fsp3) is 1.00. The third kappa shape index (κ3) is 4.78. The lowest BCUT2D eigenvalue weighted by atomic mass is 9.91. The average Bonchev–Trinajstić information content (AvgIpc) is 2.18. The van der Waals surface area contributed by atoms with E-state index in [2.05, 4.69) is 44.9 Å². The molecule has 1 nitrogen and oxygen atoms in total. The Morgan fingerprint density at radius 3 is 2.60 bits per heavy atom. The van der Waals surface area contributed by atoms with Gasteiger partial charge in [-0.25, -0.2) is 0 Å². The summed E-state index contributed by atoms with van der Waals surface area (Å²) >= 11 is 2.20. The van der Waals surface area contributed by atoms with Gasteiger partial charge in [0.2, 0.25) is 0 Å². The van der Waals surface area contributed by atoms with Gasteiger partial charge >= 0.3 is 0 Å². The Bertz CT molecular complexity index is 170. The van der Waals surface area contributed by atoms with Crippen LogP contribution in [0.4, 0.5) is 0 Å². The van der Waals surface area contributed by atoms with Crippen LogP contribution in [0.2, 0.25) is 0 Å². The average molecular weight is 229 g/mol. The smallest absolute Gasteiger partial charge is 0.0178 e. The maximum absolute atomic E-state index is 3.43. The van der Waals surface area contributed by atoms with Crippen molar-refractivity contribution in [2.45, 2.75) is 57.7 Å². The van der Waals surface area contributed by atoms with Gasteiger partial charge in [-0.2, -0.15) is 11.8 Å². The van der Waals surface area contributed by atoms with Crippen LogP contribution < -0.4 is 5.32 Å². The first-order chi connectivity index (χ1) is 7.13. The van der Waals surface area contributed by atoms with E-state index < -0.39 is 0 Å². The number of hydrogen-bond donors (Lipinski definition) is 1. The van der Waals surface area contributed by atoms with Gasteiger partial charge in [-0.3, -0.25) is 0 Å². The molecule has 0 radical (unpaired) electrons. The van der Waals surface area contributed by atoms with E-state index in [0.717, 1.165) is 17.1 Å². The predicted molar refractivity (Wildman–Crippen MR) is 71.6 cm³/mol. The van der Waals surface area contributed by atoms with E-state index in [1.54, 1.807) is 0 Å². The van der Waals surface area contributed by atoms with E-state index >= 15 is 0 Å². The molecule has 0 bridgehead atoms. The predicted octanol–water partition coefficient (Wildman–Crippen LogP) is 3.54. The second-order valence-electron chi connectivity index (χ2n) is 5.37. The highest BCUT2D eigenvalue weighted by molar-refractivity contribution is 7.99. The quantitative estimate of drug-likeness (QED) is 0.774. The molecule has 0 aromatic rings. The minimum atomic E-state index is 0.687. The Morgan fingerprint density at radius 1 is 1.33 bits per heavy atom. The van der Waals surface area contributed by atoms with Crippen molar-refractivity contribution in [2.24, 2.45) is 11.8 Å². The Labute approximate surface area is 99.8 Å². The summed E-state index contributed by atoms with van der Waals surface area (Å²) in [5.41, 5.74) is 0. The molecule has 90 valence electrons. The fourth-order valence-corrected chi connectivity index (χ4v) is 4.21. The van der Waals surface area contributed by atoms with Gasteiger partial charge in [-0.15, -0.1) is 0 Å². The van der Waals surface area contributed by atoms with Crippen LogP contribution in [-0.4, -0.2) is 24.1 Å². The highest BCUT2D eigenvalue weighted by atomic mass is 32.2. The lowest BCUT2D eigenvalue weighted by Crippen LogP contribution is -2.34. The molecule has 1 N–H and O–H groups in total. The Kier molecular flexibility index (Phi) is 6.06. The molecule has 0 saturated heterocycles. The third-order valence-corrected chi connectivity index (χ3v) is 5.03. The summed E-state index contributed by atoms with van der Waals surface area (Å²) in [5, 5.41) is 4.37. The van der Waals surface area contributed by atoms with Crippen molar-refractivity contribution < 1.29 is 0 Å². The number of thioether (sulfide) groups is 1. The minimum Gasteiger partial charge on any atom is -0.316 e. The van der Waals surface area contributed by atoms with Crippen molar-refractivity contribution in [3.63, 3.8) is 0 Å². The zero-order valence-corrected chi connectivity index (χ0v) is 11.6. The summed E-state index contributed by atoms with van der Waals surface area (Å²) < 4.78 is 0. The monoisotopic (exact) mass is 229 g/mol. The van der Waals surface area contributed by atoms with Crippen LogP contribution in [-0.2, 0) is 0 Å². The molecule has 1 aliphatic carbocycles. The molecule has 0 aliphatic heterocycles. The molecule has 3 unspecified atom stereocenters. The molecule has 1 fully saturated rings. The van der Waals surface area contributed by atoms with Crippen LogP contribution in [0, 0.1) is 11.8 Å². The summed E-state index contributed by atoms with van der Waals surface area (Å²) in [6, 6.07) is 0.687. The van der Waals surface area contributed by atoms with Crippen LogP contribution in [0.1, 0.15) is 46.5 Å². The van der Waals surface area contributed by atoms with Gasteiger partial charge in [0.05, 0.1) is 0 Å². The van der Waals surface area contributed by atoms with E-state index in [9.17, 15) is 0 Å². The second kappa shape index (κ2) is 6.80. The van der Waals surface area contributed by atoms with Gasteiger partial charge in [0.15, 0.2) is 0 Å². The van der Waals surface area contributed by atoms with E-state index in [4.69, 9.17) is 0 Å². The largest absolute Gasteiger partial charge is 0.316 e. The van der Waals surface area contributed by atoms with Gasteiger partial charge < -0.3 is 5.32 Å².